The van der Waals surface area contributed by atoms with E-state index in [0.29, 0.717) is 31.2 Å². The lowest BCUT2D eigenvalue weighted by molar-refractivity contribution is -0.130. The van der Waals surface area contributed by atoms with Gasteiger partial charge in [0.2, 0.25) is 5.91 Å². The Kier molecular flexibility index (Phi) is 5.27. The Bertz CT molecular complexity index is 783. The monoisotopic (exact) mass is 363 g/mol. The molecule has 1 N–H and O–H groups in total. The van der Waals surface area contributed by atoms with Crippen molar-refractivity contribution in [1.29, 1.82) is 0 Å². The fourth-order valence-electron chi connectivity index (χ4n) is 2.99. The summed E-state index contributed by atoms with van der Waals surface area (Å²) in [6.07, 6.45) is 2.13. The zero-order valence-electron chi connectivity index (χ0n) is 15.0. The van der Waals surface area contributed by atoms with Gasteiger partial charge in [0, 0.05) is 55.6 Å². The van der Waals surface area contributed by atoms with Crippen molar-refractivity contribution in [3.63, 3.8) is 0 Å². The van der Waals surface area contributed by atoms with E-state index >= 15 is 0 Å². The highest BCUT2D eigenvalue weighted by atomic mass is 32.1. The summed E-state index contributed by atoms with van der Waals surface area (Å²) in [5, 5.41) is 4.09. The summed E-state index contributed by atoms with van der Waals surface area (Å²) >= 11 is 1.68. The lowest BCUT2D eigenvalue weighted by atomic mass is 10.2. The molecule has 3 rings (SSSR count). The van der Waals surface area contributed by atoms with Crippen molar-refractivity contribution in [3.8, 4) is 0 Å². The van der Waals surface area contributed by atoms with Crippen LogP contribution in [0.1, 0.15) is 24.4 Å². The summed E-state index contributed by atoms with van der Waals surface area (Å²) in [5.74, 6) is 0.440. The number of hydrogen-bond acceptors (Lipinski definition) is 5. The summed E-state index contributed by atoms with van der Waals surface area (Å²) < 4.78 is 1.58. The Morgan fingerprint density at radius 2 is 2.04 bits per heavy atom. The molecular weight excluding hydrogens is 338 g/mol. The third kappa shape index (κ3) is 4.31. The van der Waals surface area contributed by atoms with Crippen LogP contribution < -0.4 is 10.5 Å². The third-order valence-electron chi connectivity index (χ3n) is 4.24. The summed E-state index contributed by atoms with van der Waals surface area (Å²) in [4.78, 5) is 34.2. The highest BCUT2D eigenvalue weighted by Crippen LogP contribution is 2.22. The van der Waals surface area contributed by atoms with E-state index in [2.05, 4.69) is 28.8 Å². The molecule has 0 aromatic carbocycles. The molecule has 3 heterocycles. The molecule has 1 aliphatic heterocycles. The zero-order chi connectivity index (χ0) is 18.0. The fourth-order valence-corrected chi connectivity index (χ4v) is 3.80. The van der Waals surface area contributed by atoms with Gasteiger partial charge >= 0.3 is 0 Å². The number of aryl methyl sites for hydroxylation is 1. The van der Waals surface area contributed by atoms with Crippen LogP contribution in [0.4, 0.5) is 5.13 Å². The predicted octanol–water partition coefficient (Wildman–Crippen LogP) is 1.49. The van der Waals surface area contributed by atoms with Gasteiger partial charge in [-0.05, 0) is 12.8 Å². The van der Waals surface area contributed by atoms with E-state index in [1.165, 1.54) is 10.9 Å². The molecule has 2 aromatic heterocycles. The van der Waals surface area contributed by atoms with E-state index in [1.807, 2.05) is 18.0 Å². The lowest BCUT2D eigenvalue weighted by Gasteiger charge is -2.34. The molecule has 0 bridgehead atoms. The number of H-pyrrole nitrogens is 1. The Labute approximate surface area is 151 Å². The SMILES string of the molecule is Cc1cnc(N2CCN(C(=O)Cc3cc(=O)n(CC(C)C)[nH]3)CC2)s1. The first-order valence-electron chi connectivity index (χ1n) is 8.66. The largest absolute Gasteiger partial charge is 0.345 e. The summed E-state index contributed by atoms with van der Waals surface area (Å²) in [5.41, 5.74) is 0.620. The lowest BCUT2D eigenvalue weighted by Crippen LogP contribution is -2.49. The standard InChI is InChI=1S/C17H25N5O2S/c1-12(2)11-22-16(24)9-14(19-22)8-15(23)20-4-6-21(7-5-20)17-18-10-13(3)25-17/h9-10,12,19H,4-8,11H2,1-3H3. The van der Waals surface area contributed by atoms with Crippen LogP contribution in [0.25, 0.3) is 0 Å². The number of nitrogens with zero attached hydrogens (tertiary/aromatic N) is 4. The maximum atomic E-state index is 12.5. The normalized spacial score (nSPS) is 15.2. The van der Waals surface area contributed by atoms with Crippen LogP contribution in [0.5, 0.6) is 0 Å². The van der Waals surface area contributed by atoms with Gasteiger partial charge < -0.3 is 9.80 Å². The first-order chi connectivity index (χ1) is 11.9. The maximum Gasteiger partial charge on any atom is 0.266 e. The molecule has 8 heteroatoms. The predicted molar refractivity (Wildman–Crippen MR) is 99.2 cm³/mol. The number of aromatic amines is 1. The molecule has 2 aromatic rings. The van der Waals surface area contributed by atoms with Crippen LogP contribution >= 0.6 is 11.3 Å². The number of carbonyl (C=O) groups is 1. The molecule has 0 unspecified atom stereocenters. The average Bonchev–Trinajstić information content (AvgIpc) is 3.13. The van der Waals surface area contributed by atoms with Crippen molar-refractivity contribution in [2.24, 2.45) is 5.92 Å². The van der Waals surface area contributed by atoms with E-state index in [4.69, 9.17) is 0 Å². The van der Waals surface area contributed by atoms with E-state index in [-0.39, 0.29) is 17.9 Å². The van der Waals surface area contributed by atoms with E-state index < -0.39 is 0 Å². The van der Waals surface area contributed by atoms with Crippen molar-refractivity contribution in [3.05, 3.63) is 33.2 Å². The Morgan fingerprint density at radius 1 is 1.32 bits per heavy atom. The molecule has 25 heavy (non-hydrogen) atoms. The number of anilines is 1. The van der Waals surface area contributed by atoms with Crippen LogP contribution in [0.3, 0.4) is 0 Å². The van der Waals surface area contributed by atoms with Crippen LogP contribution in [-0.4, -0.2) is 51.8 Å². The minimum atomic E-state index is -0.0690. The molecular formula is C17H25N5O2S. The van der Waals surface area contributed by atoms with Gasteiger partial charge in [-0.15, -0.1) is 11.3 Å². The minimum Gasteiger partial charge on any atom is -0.345 e. The Hall–Kier alpha value is -2.09. The van der Waals surface area contributed by atoms with Gasteiger partial charge in [0.05, 0.1) is 6.42 Å². The first kappa shape index (κ1) is 17.7. The number of carbonyl (C=O) groups excluding carboxylic acids is 1. The van der Waals surface area contributed by atoms with Gasteiger partial charge in [-0.3, -0.25) is 19.4 Å². The highest BCUT2D eigenvalue weighted by Gasteiger charge is 2.23. The van der Waals surface area contributed by atoms with E-state index in [9.17, 15) is 9.59 Å². The highest BCUT2D eigenvalue weighted by molar-refractivity contribution is 7.15. The van der Waals surface area contributed by atoms with Gasteiger partial charge in [-0.25, -0.2) is 4.98 Å². The molecule has 1 amide bonds. The molecule has 136 valence electrons. The molecule has 1 fully saturated rings. The number of amides is 1. The maximum absolute atomic E-state index is 12.5. The Balaban J connectivity index is 1.55. The average molecular weight is 363 g/mol. The Morgan fingerprint density at radius 3 is 2.64 bits per heavy atom. The first-order valence-corrected chi connectivity index (χ1v) is 9.48. The molecule has 7 nitrogen and oxygen atoms in total. The van der Waals surface area contributed by atoms with Gasteiger partial charge in [-0.1, -0.05) is 13.8 Å². The van der Waals surface area contributed by atoms with Gasteiger partial charge in [-0.2, -0.15) is 0 Å². The van der Waals surface area contributed by atoms with Crippen molar-refractivity contribution in [2.45, 2.75) is 33.7 Å². The summed E-state index contributed by atoms with van der Waals surface area (Å²) in [7, 11) is 0. The second kappa shape index (κ2) is 7.43. The van der Waals surface area contributed by atoms with E-state index in [0.717, 1.165) is 18.2 Å². The molecule has 0 radical (unpaired) electrons. The molecule has 1 aliphatic rings. The zero-order valence-corrected chi connectivity index (χ0v) is 15.8. The second-order valence-electron chi connectivity index (χ2n) is 6.92. The fraction of sp³-hybridized carbons (Fsp3) is 0.588. The van der Waals surface area contributed by atoms with Crippen molar-refractivity contribution >= 4 is 22.4 Å². The number of thiazole rings is 1. The summed E-state index contributed by atoms with van der Waals surface area (Å²) in [6.45, 7) is 9.77. The smallest absolute Gasteiger partial charge is 0.266 e. The van der Waals surface area contributed by atoms with Crippen LogP contribution in [0.2, 0.25) is 0 Å². The number of hydrogen-bond donors (Lipinski definition) is 1. The molecule has 0 atom stereocenters. The number of nitrogens with one attached hydrogen (secondary N) is 1. The number of piperazine rings is 1. The van der Waals surface area contributed by atoms with Crippen LogP contribution in [-0.2, 0) is 17.8 Å². The summed E-state index contributed by atoms with van der Waals surface area (Å²) in [6, 6.07) is 1.54. The van der Waals surface area contributed by atoms with Gasteiger partial charge in [0.15, 0.2) is 5.13 Å². The van der Waals surface area contributed by atoms with Crippen LogP contribution in [0.15, 0.2) is 17.1 Å². The van der Waals surface area contributed by atoms with Crippen molar-refractivity contribution in [2.75, 3.05) is 31.1 Å². The molecule has 0 spiro atoms. The number of rotatable bonds is 5. The van der Waals surface area contributed by atoms with Crippen molar-refractivity contribution in [1.82, 2.24) is 19.7 Å². The van der Waals surface area contributed by atoms with Gasteiger partial charge in [0.25, 0.3) is 5.56 Å². The van der Waals surface area contributed by atoms with Gasteiger partial charge in [0.1, 0.15) is 0 Å². The third-order valence-corrected chi connectivity index (χ3v) is 5.22. The number of aromatic nitrogens is 3. The molecule has 0 aliphatic carbocycles. The quantitative estimate of drug-likeness (QED) is 0.873. The van der Waals surface area contributed by atoms with E-state index in [1.54, 1.807) is 16.0 Å². The topological polar surface area (TPSA) is 74.2 Å². The molecule has 1 saturated heterocycles. The minimum absolute atomic E-state index is 0.0629. The second-order valence-corrected chi connectivity index (χ2v) is 8.14. The van der Waals surface area contributed by atoms with Crippen LogP contribution in [0, 0.1) is 12.8 Å². The molecule has 0 saturated carbocycles. The van der Waals surface area contributed by atoms with Crippen molar-refractivity contribution < 1.29 is 4.79 Å².